The number of aliphatic hydroxyl groups excluding tert-OH is 2. The first-order valence-corrected chi connectivity index (χ1v) is 24.2. The second-order valence-electron chi connectivity index (χ2n) is 15.4. The van der Waals surface area contributed by atoms with Crippen LogP contribution in [0.4, 0.5) is 0 Å². The summed E-state index contributed by atoms with van der Waals surface area (Å²) in [5, 5.41) is 23.4. The van der Waals surface area contributed by atoms with E-state index in [2.05, 4.69) is 67.8 Å². The Balaban J connectivity index is 4.03. The zero-order valence-electron chi connectivity index (χ0n) is 35.4. The van der Waals surface area contributed by atoms with E-state index in [0.29, 0.717) is 12.8 Å². The summed E-state index contributed by atoms with van der Waals surface area (Å²) in [7, 11) is -4.46. The molecule has 3 atom stereocenters. The first kappa shape index (κ1) is 53.0. The largest absolute Gasteiger partial charge is 0.387 e. The Kier molecular flexibility index (Phi) is 38.7. The van der Waals surface area contributed by atoms with Gasteiger partial charge in [0.25, 0.3) is 10.1 Å². The molecule has 0 aliphatic rings. The SMILES string of the molecule is CC/C=C\C/C=C\CCCCCCCCCCCCCCCC(O)C(=O)NC(CS(=O)(=O)O)C(O)/C=C/CC/C=C/CC/C=C/CCCCCCCCCC. The molecule has 0 rings (SSSR count). The Morgan fingerprint density at radius 1 is 0.527 bits per heavy atom. The Bertz CT molecular complexity index is 1110. The lowest BCUT2D eigenvalue weighted by atomic mass is 10.0. The molecule has 0 radical (unpaired) electrons. The fourth-order valence-corrected chi connectivity index (χ4v) is 7.32. The van der Waals surface area contributed by atoms with Crippen LogP contribution in [-0.2, 0) is 14.9 Å². The van der Waals surface area contributed by atoms with Crippen molar-refractivity contribution in [1.82, 2.24) is 5.32 Å². The van der Waals surface area contributed by atoms with E-state index >= 15 is 0 Å². The molecular formula is C47H85NO6S. The fraction of sp³-hybridized carbons (Fsp3) is 0.766. The van der Waals surface area contributed by atoms with Gasteiger partial charge in [-0.25, -0.2) is 0 Å². The molecular weight excluding hydrogens is 707 g/mol. The first-order valence-electron chi connectivity index (χ1n) is 22.6. The number of nitrogens with one attached hydrogen (secondary N) is 1. The third-order valence-corrected chi connectivity index (χ3v) is 10.8. The minimum Gasteiger partial charge on any atom is -0.387 e. The molecule has 0 aliphatic heterocycles. The summed E-state index contributed by atoms with van der Waals surface area (Å²) < 4.78 is 32.6. The molecule has 0 fully saturated rings. The van der Waals surface area contributed by atoms with Crippen LogP contribution in [-0.4, -0.2) is 53.1 Å². The number of aliphatic hydroxyl groups is 2. The van der Waals surface area contributed by atoms with Gasteiger partial charge >= 0.3 is 0 Å². The maximum Gasteiger partial charge on any atom is 0.267 e. The summed E-state index contributed by atoms with van der Waals surface area (Å²) in [5.41, 5.74) is 0. The molecule has 0 aliphatic carbocycles. The summed E-state index contributed by atoms with van der Waals surface area (Å²) >= 11 is 0. The molecule has 320 valence electrons. The van der Waals surface area contributed by atoms with Gasteiger partial charge in [0, 0.05) is 0 Å². The number of hydrogen-bond acceptors (Lipinski definition) is 5. The third-order valence-electron chi connectivity index (χ3n) is 10.0. The molecule has 1 amide bonds. The maximum atomic E-state index is 12.6. The lowest BCUT2D eigenvalue weighted by Crippen LogP contribution is -2.50. The summed E-state index contributed by atoms with van der Waals surface area (Å²) in [5.74, 6) is -1.57. The van der Waals surface area contributed by atoms with Gasteiger partial charge in [0.05, 0.1) is 17.9 Å². The van der Waals surface area contributed by atoms with Gasteiger partial charge in [-0.15, -0.1) is 0 Å². The predicted octanol–water partition coefficient (Wildman–Crippen LogP) is 12.6. The molecule has 0 saturated carbocycles. The average molecular weight is 792 g/mol. The second-order valence-corrected chi connectivity index (χ2v) is 16.9. The summed E-state index contributed by atoms with van der Waals surface area (Å²) in [6, 6.07) is -1.26. The lowest BCUT2D eigenvalue weighted by Gasteiger charge is -2.22. The highest BCUT2D eigenvalue weighted by Gasteiger charge is 2.27. The number of amides is 1. The molecule has 0 heterocycles. The number of unbranched alkanes of at least 4 members (excludes halogenated alkanes) is 23. The summed E-state index contributed by atoms with van der Waals surface area (Å²) in [4.78, 5) is 12.6. The number of rotatable bonds is 40. The average Bonchev–Trinajstić information content (AvgIpc) is 3.15. The van der Waals surface area contributed by atoms with E-state index < -0.39 is 40.0 Å². The molecule has 3 unspecified atom stereocenters. The van der Waals surface area contributed by atoms with Crippen molar-refractivity contribution in [2.45, 2.75) is 225 Å². The van der Waals surface area contributed by atoms with Crippen LogP contribution in [0, 0.1) is 0 Å². The fourth-order valence-electron chi connectivity index (χ4n) is 6.58. The van der Waals surface area contributed by atoms with Crippen LogP contribution in [0.15, 0.2) is 60.8 Å². The molecule has 7 nitrogen and oxygen atoms in total. The quantitative estimate of drug-likeness (QED) is 0.0278. The van der Waals surface area contributed by atoms with Crippen LogP contribution in [0.25, 0.3) is 0 Å². The van der Waals surface area contributed by atoms with Crippen molar-refractivity contribution in [3.05, 3.63) is 60.8 Å². The molecule has 0 aromatic rings. The van der Waals surface area contributed by atoms with Crippen LogP contribution in [0.3, 0.4) is 0 Å². The van der Waals surface area contributed by atoms with Crippen LogP contribution < -0.4 is 5.32 Å². The monoisotopic (exact) mass is 792 g/mol. The Morgan fingerprint density at radius 2 is 0.927 bits per heavy atom. The Labute approximate surface area is 339 Å². The minimum absolute atomic E-state index is 0.268. The highest BCUT2D eigenvalue weighted by molar-refractivity contribution is 7.85. The van der Waals surface area contributed by atoms with Crippen molar-refractivity contribution in [3.63, 3.8) is 0 Å². The highest BCUT2D eigenvalue weighted by atomic mass is 32.2. The van der Waals surface area contributed by atoms with E-state index in [-0.39, 0.29) is 6.42 Å². The van der Waals surface area contributed by atoms with Crippen molar-refractivity contribution in [2.24, 2.45) is 0 Å². The van der Waals surface area contributed by atoms with E-state index in [0.717, 1.165) is 57.8 Å². The van der Waals surface area contributed by atoms with Crippen molar-refractivity contribution in [2.75, 3.05) is 5.75 Å². The van der Waals surface area contributed by atoms with Gasteiger partial charge < -0.3 is 15.5 Å². The molecule has 0 aromatic heterocycles. The van der Waals surface area contributed by atoms with Gasteiger partial charge in [0.15, 0.2) is 0 Å². The second kappa shape index (κ2) is 40.2. The van der Waals surface area contributed by atoms with Crippen molar-refractivity contribution in [1.29, 1.82) is 0 Å². The van der Waals surface area contributed by atoms with Crippen molar-refractivity contribution >= 4 is 16.0 Å². The topological polar surface area (TPSA) is 124 Å². The van der Waals surface area contributed by atoms with Crippen LogP contribution in [0.2, 0.25) is 0 Å². The van der Waals surface area contributed by atoms with E-state index in [1.807, 2.05) is 0 Å². The normalized spacial score (nSPS) is 14.3. The van der Waals surface area contributed by atoms with E-state index in [1.54, 1.807) is 6.08 Å². The first-order chi connectivity index (χ1) is 26.7. The minimum atomic E-state index is -4.46. The number of carbonyl (C=O) groups is 1. The Hall–Kier alpha value is -2.00. The number of allylic oxidation sites excluding steroid dienone is 9. The third kappa shape index (κ3) is 40.0. The number of hydrogen-bond donors (Lipinski definition) is 4. The van der Waals surface area contributed by atoms with Crippen molar-refractivity contribution in [3.8, 4) is 0 Å². The van der Waals surface area contributed by atoms with Gasteiger partial charge in [0.1, 0.15) is 6.10 Å². The van der Waals surface area contributed by atoms with Gasteiger partial charge in [-0.3, -0.25) is 9.35 Å². The Morgan fingerprint density at radius 3 is 1.40 bits per heavy atom. The van der Waals surface area contributed by atoms with E-state index in [4.69, 9.17) is 0 Å². The van der Waals surface area contributed by atoms with Gasteiger partial charge in [-0.2, -0.15) is 8.42 Å². The molecule has 8 heteroatoms. The lowest BCUT2D eigenvalue weighted by molar-refractivity contribution is -0.130. The molecule has 0 bridgehead atoms. The van der Waals surface area contributed by atoms with Gasteiger partial charge in [-0.1, -0.05) is 197 Å². The number of carbonyl (C=O) groups excluding carboxylic acids is 1. The molecule has 0 aromatic carbocycles. The van der Waals surface area contributed by atoms with Gasteiger partial charge in [-0.05, 0) is 70.6 Å². The zero-order valence-corrected chi connectivity index (χ0v) is 36.2. The summed E-state index contributed by atoms with van der Waals surface area (Å²) in [6.07, 6.45) is 52.8. The van der Waals surface area contributed by atoms with E-state index in [1.165, 1.54) is 122 Å². The van der Waals surface area contributed by atoms with Gasteiger partial charge in [0.2, 0.25) is 5.91 Å². The standard InChI is InChI=1S/C47H85NO6S/c1-3-5-7-9-11-13-15-17-19-21-23-24-26-28-30-32-34-36-38-40-42-46(50)47(51)48-44(43-55(52,53)54)45(49)41-39-37-35-33-31-29-27-25-22-20-18-16-14-12-10-8-6-4-2/h5,7,11,13,22,25,31,33,39,41,44-46,49-50H,3-4,6,8-10,12,14-21,23-24,26-30,32,34-38,40,42-43H2,1-2H3,(H,48,51)(H,52,53,54)/b7-5-,13-11-,25-22+,33-31+,41-39+. The smallest absolute Gasteiger partial charge is 0.267 e. The molecule has 55 heavy (non-hydrogen) atoms. The van der Waals surface area contributed by atoms with Crippen LogP contribution in [0.5, 0.6) is 0 Å². The molecule has 0 saturated heterocycles. The summed E-state index contributed by atoms with van der Waals surface area (Å²) in [6.45, 7) is 4.42. The van der Waals surface area contributed by atoms with E-state index in [9.17, 15) is 28.0 Å². The van der Waals surface area contributed by atoms with Crippen LogP contribution in [0.1, 0.15) is 206 Å². The highest BCUT2D eigenvalue weighted by Crippen LogP contribution is 2.15. The van der Waals surface area contributed by atoms with Crippen molar-refractivity contribution < 1.29 is 28.0 Å². The molecule has 4 N–H and O–H groups in total. The predicted molar refractivity (Wildman–Crippen MR) is 236 cm³/mol. The van der Waals surface area contributed by atoms with Crippen LogP contribution >= 0.6 is 0 Å². The molecule has 0 spiro atoms. The zero-order chi connectivity index (χ0) is 40.5. The maximum absolute atomic E-state index is 12.6.